The molecule has 7 heteroatoms. The Morgan fingerprint density at radius 1 is 1.50 bits per heavy atom. The van der Waals surface area contributed by atoms with Gasteiger partial charge in [0.1, 0.15) is 5.69 Å². The molecule has 100 valence electrons. The molecule has 0 unspecified atom stereocenters. The first-order valence-corrected chi connectivity index (χ1v) is 6.83. The van der Waals surface area contributed by atoms with Crippen LogP contribution in [0.1, 0.15) is 29.8 Å². The van der Waals surface area contributed by atoms with Gasteiger partial charge in [0.25, 0.3) is 11.6 Å². The van der Waals surface area contributed by atoms with Crippen LogP contribution in [-0.4, -0.2) is 27.3 Å². The standard InChI is InChI=1S/C11H16BrN3O3/c1-14-8-9(15(17)18)7-10(14)11(16)13-6-4-2-3-5-12/h7-8H,2-6H2,1H3,(H,13,16). The van der Waals surface area contributed by atoms with E-state index in [2.05, 4.69) is 21.2 Å². The zero-order valence-corrected chi connectivity index (χ0v) is 11.8. The van der Waals surface area contributed by atoms with Crippen LogP contribution in [0.3, 0.4) is 0 Å². The second-order valence-electron chi connectivity index (χ2n) is 3.96. The van der Waals surface area contributed by atoms with E-state index in [-0.39, 0.29) is 11.6 Å². The summed E-state index contributed by atoms with van der Waals surface area (Å²) in [6.45, 7) is 0.588. The van der Waals surface area contributed by atoms with Crippen molar-refractivity contribution in [3.05, 3.63) is 28.1 Å². The number of unbranched alkanes of at least 4 members (excludes halogenated alkanes) is 2. The van der Waals surface area contributed by atoms with Crippen molar-refractivity contribution in [2.24, 2.45) is 7.05 Å². The summed E-state index contributed by atoms with van der Waals surface area (Å²) in [6, 6.07) is 1.29. The minimum atomic E-state index is -0.507. The van der Waals surface area contributed by atoms with E-state index in [1.807, 2.05) is 0 Å². The predicted molar refractivity (Wildman–Crippen MR) is 72.0 cm³/mol. The molecular weight excluding hydrogens is 302 g/mol. The van der Waals surface area contributed by atoms with Crippen LogP contribution in [0, 0.1) is 10.1 Å². The van der Waals surface area contributed by atoms with Crippen LogP contribution in [0.2, 0.25) is 0 Å². The van der Waals surface area contributed by atoms with E-state index < -0.39 is 4.92 Å². The summed E-state index contributed by atoms with van der Waals surface area (Å²) in [5.41, 5.74) is 0.240. The Kier molecular flexibility index (Phi) is 5.84. The molecule has 0 fully saturated rings. The molecule has 0 saturated carbocycles. The van der Waals surface area contributed by atoms with Crippen LogP contribution in [-0.2, 0) is 7.05 Å². The Balaban J connectivity index is 2.48. The molecule has 6 nitrogen and oxygen atoms in total. The van der Waals surface area contributed by atoms with Crippen LogP contribution < -0.4 is 5.32 Å². The van der Waals surface area contributed by atoms with Crippen molar-refractivity contribution in [3.8, 4) is 0 Å². The van der Waals surface area contributed by atoms with E-state index in [0.717, 1.165) is 24.6 Å². The van der Waals surface area contributed by atoms with Gasteiger partial charge < -0.3 is 9.88 Å². The lowest BCUT2D eigenvalue weighted by atomic mass is 10.2. The lowest BCUT2D eigenvalue weighted by molar-refractivity contribution is -0.384. The first-order chi connectivity index (χ1) is 8.56. The number of alkyl halides is 1. The fourth-order valence-electron chi connectivity index (χ4n) is 1.56. The maximum Gasteiger partial charge on any atom is 0.287 e. The summed E-state index contributed by atoms with van der Waals surface area (Å²) < 4.78 is 1.46. The zero-order valence-electron chi connectivity index (χ0n) is 10.2. The van der Waals surface area contributed by atoms with E-state index >= 15 is 0 Å². The van der Waals surface area contributed by atoms with Gasteiger partial charge in [-0.2, -0.15) is 0 Å². The molecular formula is C11H16BrN3O3. The fourth-order valence-corrected chi connectivity index (χ4v) is 1.96. The van der Waals surface area contributed by atoms with Gasteiger partial charge in [0.05, 0.1) is 11.1 Å². The van der Waals surface area contributed by atoms with E-state index in [9.17, 15) is 14.9 Å². The highest BCUT2D eigenvalue weighted by Gasteiger charge is 2.16. The molecule has 0 aliphatic rings. The van der Waals surface area contributed by atoms with E-state index in [4.69, 9.17) is 0 Å². The molecule has 1 amide bonds. The first kappa shape index (κ1) is 14.7. The maximum atomic E-state index is 11.8. The molecule has 0 radical (unpaired) electrons. The number of halogens is 1. The number of aryl methyl sites for hydroxylation is 1. The van der Waals surface area contributed by atoms with Gasteiger partial charge in [-0.15, -0.1) is 0 Å². The second-order valence-corrected chi connectivity index (χ2v) is 4.75. The van der Waals surface area contributed by atoms with Gasteiger partial charge in [-0.25, -0.2) is 0 Å². The molecule has 0 aliphatic carbocycles. The number of hydrogen-bond donors (Lipinski definition) is 1. The summed E-state index contributed by atoms with van der Waals surface area (Å²) in [5, 5.41) is 14.3. The molecule has 1 aromatic heterocycles. The topological polar surface area (TPSA) is 77.2 Å². The summed E-state index contributed by atoms with van der Waals surface area (Å²) in [5.74, 6) is -0.274. The maximum absolute atomic E-state index is 11.8. The summed E-state index contributed by atoms with van der Waals surface area (Å²) in [4.78, 5) is 21.8. The molecule has 18 heavy (non-hydrogen) atoms. The molecule has 0 atom stereocenters. The molecule has 1 aromatic rings. The lowest BCUT2D eigenvalue weighted by Gasteiger charge is -2.04. The number of amides is 1. The zero-order chi connectivity index (χ0) is 13.5. The number of nitrogens with one attached hydrogen (secondary N) is 1. The quantitative estimate of drug-likeness (QED) is 0.362. The van der Waals surface area contributed by atoms with Crippen LogP contribution in [0.5, 0.6) is 0 Å². The van der Waals surface area contributed by atoms with Gasteiger partial charge in [-0.05, 0) is 12.8 Å². The Morgan fingerprint density at radius 3 is 2.78 bits per heavy atom. The fraction of sp³-hybridized carbons (Fsp3) is 0.545. The van der Waals surface area contributed by atoms with Crippen molar-refractivity contribution >= 4 is 27.5 Å². The average molecular weight is 318 g/mol. The third-order valence-corrected chi connectivity index (χ3v) is 3.09. The van der Waals surface area contributed by atoms with Crippen molar-refractivity contribution < 1.29 is 9.72 Å². The van der Waals surface area contributed by atoms with Gasteiger partial charge in [-0.3, -0.25) is 14.9 Å². The SMILES string of the molecule is Cn1cc([N+](=O)[O-])cc1C(=O)NCCCCCBr. The molecule has 0 saturated heterocycles. The number of hydrogen-bond acceptors (Lipinski definition) is 3. The molecule has 1 heterocycles. The number of nitrogens with zero attached hydrogens (tertiary/aromatic N) is 2. The first-order valence-electron chi connectivity index (χ1n) is 5.71. The highest BCUT2D eigenvalue weighted by atomic mass is 79.9. The smallest absolute Gasteiger partial charge is 0.287 e. The van der Waals surface area contributed by atoms with Crippen molar-refractivity contribution in [1.82, 2.24) is 9.88 Å². The van der Waals surface area contributed by atoms with Crippen LogP contribution >= 0.6 is 15.9 Å². The van der Waals surface area contributed by atoms with E-state index in [0.29, 0.717) is 12.2 Å². The molecule has 1 rings (SSSR count). The Labute approximate surface area is 114 Å². The second kappa shape index (κ2) is 7.15. The molecule has 0 aliphatic heterocycles. The summed E-state index contributed by atoms with van der Waals surface area (Å²) in [7, 11) is 1.62. The predicted octanol–water partition coefficient (Wildman–Crippen LogP) is 2.23. The van der Waals surface area contributed by atoms with E-state index in [1.54, 1.807) is 7.05 Å². The average Bonchev–Trinajstić information content (AvgIpc) is 2.71. The molecule has 0 spiro atoms. The Bertz CT molecular complexity index is 431. The van der Waals surface area contributed by atoms with E-state index in [1.165, 1.54) is 16.8 Å². The van der Waals surface area contributed by atoms with Gasteiger partial charge in [0, 0.05) is 25.0 Å². The van der Waals surface area contributed by atoms with Crippen LogP contribution in [0.25, 0.3) is 0 Å². The third kappa shape index (κ3) is 4.14. The monoisotopic (exact) mass is 317 g/mol. The minimum absolute atomic E-state index is 0.0676. The van der Waals surface area contributed by atoms with Gasteiger partial charge in [-0.1, -0.05) is 22.4 Å². The normalized spacial score (nSPS) is 10.3. The van der Waals surface area contributed by atoms with Crippen molar-refractivity contribution in [2.75, 3.05) is 11.9 Å². The van der Waals surface area contributed by atoms with Crippen LogP contribution in [0.4, 0.5) is 5.69 Å². The van der Waals surface area contributed by atoms with Crippen LogP contribution in [0.15, 0.2) is 12.3 Å². The van der Waals surface area contributed by atoms with Gasteiger partial charge in [0.2, 0.25) is 0 Å². The number of rotatable bonds is 7. The van der Waals surface area contributed by atoms with Gasteiger partial charge in [0.15, 0.2) is 0 Å². The van der Waals surface area contributed by atoms with Crippen molar-refractivity contribution in [2.45, 2.75) is 19.3 Å². The summed E-state index contributed by atoms with van der Waals surface area (Å²) >= 11 is 3.34. The molecule has 0 bridgehead atoms. The minimum Gasteiger partial charge on any atom is -0.351 e. The van der Waals surface area contributed by atoms with Gasteiger partial charge >= 0.3 is 0 Å². The highest BCUT2D eigenvalue weighted by Crippen LogP contribution is 2.14. The third-order valence-electron chi connectivity index (χ3n) is 2.53. The number of nitro groups is 1. The number of carbonyl (C=O) groups is 1. The highest BCUT2D eigenvalue weighted by molar-refractivity contribution is 9.09. The number of carbonyl (C=O) groups excluding carboxylic acids is 1. The Morgan fingerprint density at radius 2 is 2.22 bits per heavy atom. The molecule has 1 N–H and O–H groups in total. The lowest BCUT2D eigenvalue weighted by Crippen LogP contribution is -2.26. The summed E-state index contributed by atoms with van der Waals surface area (Å²) in [6.07, 6.45) is 4.36. The molecule has 0 aromatic carbocycles. The van der Waals surface area contributed by atoms with Crippen molar-refractivity contribution in [3.63, 3.8) is 0 Å². The van der Waals surface area contributed by atoms with Crippen molar-refractivity contribution in [1.29, 1.82) is 0 Å². The largest absolute Gasteiger partial charge is 0.351 e. The Hall–Kier alpha value is -1.37. The number of aromatic nitrogens is 1.